The van der Waals surface area contributed by atoms with E-state index < -0.39 is 0 Å². The Kier molecular flexibility index (Phi) is 7.85. The summed E-state index contributed by atoms with van der Waals surface area (Å²) in [5.41, 5.74) is 14.3. The van der Waals surface area contributed by atoms with Crippen molar-refractivity contribution in [2.24, 2.45) is 0 Å². The lowest BCUT2D eigenvalue weighted by Gasteiger charge is -2.27. The molecule has 0 radical (unpaired) electrons. The topological polar surface area (TPSA) is 16.4 Å². The van der Waals surface area contributed by atoms with Crippen LogP contribution in [0.5, 0.6) is 0 Å². The van der Waals surface area contributed by atoms with Crippen LogP contribution in [0, 0.1) is 0 Å². The van der Waals surface area contributed by atoms with E-state index in [1.54, 1.807) is 0 Å². The Labute approximate surface area is 314 Å². The Morgan fingerprint density at radius 1 is 0.315 bits per heavy atom. The maximum Gasteiger partial charge on any atom is 0.159 e. The van der Waals surface area contributed by atoms with E-state index in [0.29, 0.717) is 0 Å². The van der Waals surface area contributed by atoms with Crippen molar-refractivity contribution in [2.75, 3.05) is 4.90 Å². The third-order valence-electron chi connectivity index (χ3n) is 10.5. The molecule has 0 bridgehead atoms. The van der Waals surface area contributed by atoms with Gasteiger partial charge in [0.1, 0.15) is 5.58 Å². The number of hydrogen-bond acceptors (Lipinski definition) is 2. The average Bonchev–Trinajstić information content (AvgIpc) is 3.64. The smallest absolute Gasteiger partial charge is 0.159 e. The Balaban J connectivity index is 1.18. The van der Waals surface area contributed by atoms with Gasteiger partial charge in [-0.05, 0) is 97.7 Å². The first-order chi connectivity index (χ1) is 26.8. The van der Waals surface area contributed by atoms with E-state index in [1.165, 1.54) is 49.7 Å². The molecule has 0 atom stereocenters. The second kappa shape index (κ2) is 13.4. The molecular formula is C52H35NO. The zero-order chi connectivity index (χ0) is 35.8. The van der Waals surface area contributed by atoms with Crippen LogP contribution in [0.4, 0.5) is 17.1 Å². The Morgan fingerprint density at radius 2 is 0.944 bits per heavy atom. The SMILES string of the molecule is c1ccc(-c2ccc3c(-c4cccc(N(c5ccc(-c6ccccc6)c(-c6ccccc6)c5)c5cccc6c5oc5ccccc56)c4)cccc3c2)cc1. The molecule has 0 N–H and O–H groups in total. The van der Waals surface area contributed by atoms with E-state index >= 15 is 0 Å². The molecule has 0 aliphatic rings. The molecule has 0 aliphatic heterocycles. The number of benzene rings is 9. The zero-order valence-corrected chi connectivity index (χ0v) is 29.6. The van der Waals surface area contributed by atoms with Crippen molar-refractivity contribution in [2.45, 2.75) is 0 Å². The van der Waals surface area contributed by atoms with Crippen LogP contribution in [-0.2, 0) is 0 Å². The molecule has 0 fully saturated rings. The highest BCUT2D eigenvalue weighted by Gasteiger charge is 2.21. The van der Waals surface area contributed by atoms with Gasteiger partial charge in [0.2, 0.25) is 0 Å². The normalized spacial score (nSPS) is 11.3. The number of anilines is 3. The molecule has 1 heterocycles. The summed E-state index contributed by atoms with van der Waals surface area (Å²) in [6, 6.07) is 75.9. The van der Waals surface area contributed by atoms with E-state index in [-0.39, 0.29) is 0 Å². The van der Waals surface area contributed by atoms with Crippen molar-refractivity contribution >= 4 is 49.8 Å². The van der Waals surface area contributed by atoms with Crippen LogP contribution in [0.1, 0.15) is 0 Å². The van der Waals surface area contributed by atoms with Crippen LogP contribution in [0.3, 0.4) is 0 Å². The second-order valence-corrected chi connectivity index (χ2v) is 13.7. The second-order valence-electron chi connectivity index (χ2n) is 13.7. The number of furan rings is 1. The van der Waals surface area contributed by atoms with E-state index in [1.807, 2.05) is 6.07 Å². The summed E-state index contributed by atoms with van der Waals surface area (Å²) < 4.78 is 6.69. The largest absolute Gasteiger partial charge is 0.454 e. The number of nitrogens with zero attached hydrogens (tertiary/aromatic N) is 1. The van der Waals surface area contributed by atoms with Crippen molar-refractivity contribution in [3.8, 4) is 44.5 Å². The molecule has 9 aromatic carbocycles. The lowest BCUT2D eigenvalue weighted by atomic mass is 9.93. The minimum atomic E-state index is 0.858. The Bertz CT molecular complexity index is 2930. The molecule has 0 saturated carbocycles. The Hall–Kier alpha value is -7.16. The quantitative estimate of drug-likeness (QED) is 0.166. The molecule has 0 spiro atoms. The molecule has 10 rings (SSSR count). The fourth-order valence-electron chi connectivity index (χ4n) is 7.89. The third kappa shape index (κ3) is 5.62. The zero-order valence-electron chi connectivity index (χ0n) is 29.6. The van der Waals surface area contributed by atoms with Gasteiger partial charge >= 0.3 is 0 Å². The summed E-state index contributed by atoms with van der Waals surface area (Å²) in [7, 11) is 0. The minimum absolute atomic E-state index is 0.858. The van der Waals surface area contributed by atoms with Crippen LogP contribution < -0.4 is 4.90 Å². The molecule has 10 aromatic rings. The standard InChI is InChI=1S/C52H35NO/c1-4-15-36(16-5-1)39-29-31-46-40(33-39)22-13-25-44(46)41-21-12-23-42(34-41)53(50-27-14-26-48-47-24-10-11-28-51(47)54-52(48)50)43-30-32-45(37-17-6-2-7-18-37)49(35-43)38-19-8-3-9-20-38/h1-35H. The number of fused-ring (bicyclic) bond motifs is 4. The highest BCUT2D eigenvalue weighted by molar-refractivity contribution is 6.10. The summed E-state index contributed by atoms with van der Waals surface area (Å²) >= 11 is 0. The van der Waals surface area contributed by atoms with E-state index in [9.17, 15) is 0 Å². The lowest BCUT2D eigenvalue weighted by molar-refractivity contribution is 0.669. The number of para-hydroxylation sites is 2. The molecular weight excluding hydrogens is 655 g/mol. The maximum absolute atomic E-state index is 6.69. The summed E-state index contributed by atoms with van der Waals surface area (Å²) in [6.45, 7) is 0. The number of hydrogen-bond donors (Lipinski definition) is 0. The van der Waals surface area contributed by atoms with E-state index in [4.69, 9.17) is 4.42 Å². The minimum Gasteiger partial charge on any atom is -0.454 e. The fraction of sp³-hybridized carbons (Fsp3) is 0. The van der Waals surface area contributed by atoms with E-state index in [0.717, 1.165) is 44.6 Å². The van der Waals surface area contributed by atoms with Crippen LogP contribution in [0.25, 0.3) is 77.2 Å². The van der Waals surface area contributed by atoms with Gasteiger partial charge in [0, 0.05) is 22.1 Å². The molecule has 1 aromatic heterocycles. The van der Waals surface area contributed by atoms with Crippen molar-refractivity contribution in [3.05, 3.63) is 212 Å². The Morgan fingerprint density at radius 3 is 1.74 bits per heavy atom. The van der Waals surface area contributed by atoms with Crippen LogP contribution in [-0.4, -0.2) is 0 Å². The first kappa shape index (κ1) is 31.6. The van der Waals surface area contributed by atoms with Gasteiger partial charge in [-0.2, -0.15) is 0 Å². The average molecular weight is 690 g/mol. The van der Waals surface area contributed by atoms with Crippen molar-refractivity contribution in [1.29, 1.82) is 0 Å². The summed E-state index contributed by atoms with van der Waals surface area (Å²) in [5, 5.41) is 4.64. The molecule has 2 heteroatoms. The van der Waals surface area contributed by atoms with Crippen molar-refractivity contribution in [1.82, 2.24) is 0 Å². The van der Waals surface area contributed by atoms with Gasteiger partial charge in [-0.3, -0.25) is 0 Å². The third-order valence-corrected chi connectivity index (χ3v) is 10.5. The molecule has 254 valence electrons. The van der Waals surface area contributed by atoms with Gasteiger partial charge in [0.15, 0.2) is 5.58 Å². The van der Waals surface area contributed by atoms with Crippen LogP contribution in [0.2, 0.25) is 0 Å². The highest BCUT2D eigenvalue weighted by Crippen LogP contribution is 2.45. The predicted molar refractivity (Wildman–Crippen MR) is 228 cm³/mol. The fourth-order valence-corrected chi connectivity index (χ4v) is 7.89. The summed E-state index contributed by atoms with van der Waals surface area (Å²) in [6.07, 6.45) is 0. The predicted octanol–water partition coefficient (Wildman–Crippen LogP) is 14.9. The first-order valence-corrected chi connectivity index (χ1v) is 18.4. The summed E-state index contributed by atoms with van der Waals surface area (Å²) in [5.74, 6) is 0. The van der Waals surface area contributed by atoms with Crippen LogP contribution in [0.15, 0.2) is 217 Å². The molecule has 54 heavy (non-hydrogen) atoms. The summed E-state index contributed by atoms with van der Waals surface area (Å²) in [4.78, 5) is 2.36. The van der Waals surface area contributed by atoms with Crippen molar-refractivity contribution in [3.63, 3.8) is 0 Å². The van der Waals surface area contributed by atoms with Gasteiger partial charge in [-0.15, -0.1) is 0 Å². The maximum atomic E-state index is 6.69. The molecule has 0 aliphatic carbocycles. The van der Waals surface area contributed by atoms with E-state index in [2.05, 4.69) is 211 Å². The molecule has 0 amide bonds. The lowest BCUT2D eigenvalue weighted by Crippen LogP contribution is -2.10. The highest BCUT2D eigenvalue weighted by atomic mass is 16.3. The number of rotatable bonds is 7. The van der Waals surface area contributed by atoms with Gasteiger partial charge in [-0.1, -0.05) is 170 Å². The van der Waals surface area contributed by atoms with Crippen molar-refractivity contribution < 1.29 is 4.42 Å². The van der Waals surface area contributed by atoms with Gasteiger partial charge in [-0.25, -0.2) is 0 Å². The van der Waals surface area contributed by atoms with Gasteiger partial charge in [0.25, 0.3) is 0 Å². The monoisotopic (exact) mass is 689 g/mol. The van der Waals surface area contributed by atoms with Gasteiger partial charge in [0.05, 0.1) is 5.69 Å². The first-order valence-electron chi connectivity index (χ1n) is 18.4. The molecule has 2 nitrogen and oxygen atoms in total. The molecule has 0 saturated heterocycles. The van der Waals surface area contributed by atoms with Crippen LogP contribution >= 0.6 is 0 Å². The molecule has 0 unspecified atom stereocenters. The van der Waals surface area contributed by atoms with Gasteiger partial charge < -0.3 is 9.32 Å².